The summed E-state index contributed by atoms with van der Waals surface area (Å²) in [4.78, 5) is 15.6. The van der Waals surface area contributed by atoms with E-state index in [1.807, 2.05) is 73.2 Å². The molecule has 3 aromatic heterocycles. The largest absolute Gasteiger partial charge is 3.00 e. The number of nitrogens with zero attached hydrogens (tertiary/aromatic N) is 4. The Balaban J connectivity index is 0.00000192. The molecule has 0 aliphatic carbocycles. The predicted molar refractivity (Wildman–Crippen MR) is 85.7 cm³/mol. The average molecular weight is 346 g/mol. The third-order valence-corrected chi connectivity index (χ3v) is 3.34. The van der Waals surface area contributed by atoms with Crippen LogP contribution in [-0.2, 0) is 36.7 Å². The summed E-state index contributed by atoms with van der Waals surface area (Å²) in [6, 6.07) is 18.0. The van der Waals surface area contributed by atoms with Crippen LogP contribution in [0.1, 0.15) is 17.1 Å². The Labute approximate surface area is 147 Å². The minimum atomic E-state index is 0. The first-order valence-electron chi connectivity index (χ1n) is 7.32. The summed E-state index contributed by atoms with van der Waals surface area (Å²) >= 11 is 0. The maximum Gasteiger partial charge on any atom is 3.00 e. The number of rotatable bonds is 6. The fourth-order valence-corrected chi connectivity index (χ4v) is 2.33. The summed E-state index contributed by atoms with van der Waals surface area (Å²) < 4.78 is 0. The van der Waals surface area contributed by atoms with E-state index in [1.54, 1.807) is 0 Å². The van der Waals surface area contributed by atoms with E-state index in [4.69, 9.17) is 0 Å². The Morgan fingerprint density at radius 3 is 1.17 bits per heavy atom. The van der Waals surface area contributed by atoms with Gasteiger partial charge in [0.05, 0.1) is 17.1 Å². The topological polar surface area (TPSA) is 41.9 Å². The van der Waals surface area contributed by atoms with Crippen LogP contribution in [0.4, 0.5) is 0 Å². The second-order valence-corrected chi connectivity index (χ2v) is 5.11. The molecule has 0 aromatic carbocycles. The summed E-state index contributed by atoms with van der Waals surface area (Å²) in [7, 11) is 0. The van der Waals surface area contributed by atoms with Gasteiger partial charge in [0, 0.05) is 38.2 Å². The summed E-state index contributed by atoms with van der Waals surface area (Å²) in [5.41, 5.74) is 3.15. The minimum Gasteiger partial charge on any atom is -0.286 e. The molecule has 0 aliphatic rings. The summed E-state index contributed by atoms with van der Waals surface area (Å²) in [5, 5.41) is 0. The van der Waals surface area contributed by atoms with Gasteiger partial charge in [-0.15, -0.1) is 0 Å². The van der Waals surface area contributed by atoms with Crippen LogP contribution in [0.5, 0.6) is 0 Å². The van der Waals surface area contributed by atoms with E-state index >= 15 is 0 Å². The van der Waals surface area contributed by atoms with Crippen LogP contribution in [0.3, 0.4) is 0 Å². The van der Waals surface area contributed by atoms with Crippen molar-refractivity contribution in [3.8, 4) is 0 Å². The predicted octanol–water partition coefficient (Wildman–Crippen LogP) is 3.07. The molecule has 0 atom stereocenters. The molecule has 0 aliphatic heterocycles. The summed E-state index contributed by atoms with van der Waals surface area (Å²) in [5.74, 6) is 0. The van der Waals surface area contributed by atoms with Crippen LogP contribution in [0.2, 0.25) is 0 Å². The van der Waals surface area contributed by atoms with Crippen molar-refractivity contribution in [3.05, 3.63) is 90.3 Å². The normalized spacial score (nSPS) is 10.3. The second-order valence-electron chi connectivity index (χ2n) is 5.11. The van der Waals surface area contributed by atoms with Gasteiger partial charge < -0.3 is 0 Å². The smallest absolute Gasteiger partial charge is 0.286 e. The summed E-state index contributed by atoms with van der Waals surface area (Å²) in [6.07, 6.45) is 5.49. The van der Waals surface area contributed by atoms with E-state index in [0.717, 1.165) is 36.7 Å². The van der Waals surface area contributed by atoms with E-state index in [2.05, 4.69) is 19.9 Å². The molecule has 4 nitrogen and oxygen atoms in total. The molecule has 23 heavy (non-hydrogen) atoms. The molecule has 0 saturated heterocycles. The standard InChI is InChI=1S/C18H18N4.Fe/c1-4-10-19-16(7-1)13-22(14-17-8-2-5-11-20-17)15-18-9-3-6-12-21-18;/h1-12H,13-15H2;/q;+3. The number of hydrogen-bond acceptors (Lipinski definition) is 4. The van der Waals surface area contributed by atoms with Crippen molar-refractivity contribution in [1.29, 1.82) is 0 Å². The van der Waals surface area contributed by atoms with Gasteiger partial charge in [0.25, 0.3) is 0 Å². The van der Waals surface area contributed by atoms with E-state index in [0.29, 0.717) is 0 Å². The first-order valence-corrected chi connectivity index (χ1v) is 7.32. The van der Waals surface area contributed by atoms with Crippen LogP contribution in [0.25, 0.3) is 0 Å². The van der Waals surface area contributed by atoms with Crippen molar-refractivity contribution in [2.24, 2.45) is 0 Å². The Kier molecular flexibility index (Phi) is 6.88. The molecule has 1 radical (unpaired) electrons. The van der Waals surface area contributed by atoms with Crippen molar-refractivity contribution < 1.29 is 17.1 Å². The molecule has 5 heteroatoms. The van der Waals surface area contributed by atoms with Crippen LogP contribution in [-0.4, -0.2) is 19.9 Å². The quantitative estimate of drug-likeness (QED) is 0.644. The molecule has 0 N–H and O–H groups in total. The SMILES string of the molecule is [Fe+3].c1ccc(CN(Cc2ccccn2)Cc2ccccn2)nc1. The molecule has 0 spiro atoms. The molecule has 3 aromatic rings. The second kappa shape index (κ2) is 9.15. The molecule has 3 heterocycles. The number of pyridine rings is 3. The van der Waals surface area contributed by atoms with Gasteiger partial charge in [-0.3, -0.25) is 19.9 Å². The first kappa shape index (κ1) is 17.3. The van der Waals surface area contributed by atoms with Gasteiger partial charge >= 0.3 is 17.1 Å². The zero-order valence-electron chi connectivity index (χ0n) is 12.7. The van der Waals surface area contributed by atoms with Gasteiger partial charge in [-0.25, -0.2) is 0 Å². The molecule has 0 fully saturated rings. The van der Waals surface area contributed by atoms with Crippen LogP contribution < -0.4 is 0 Å². The van der Waals surface area contributed by atoms with Gasteiger partial charge in [0.1, 0.15) is 0 Å². The Morgan fingerprint density at radius 1 is 0.565 bits per heavy atom. The van der Waals surface area contributed by atoms with Crippen LogP contribution in [0.15, 0.2) is 73.2 Å². The third kappa shape index (κ3) is 5.57. The van der Waals surface area contributed by atoms with Crippen molar-refractivity contribution in [3.63, 3.8) is 0 Å². The van der Waals surface area contributed by atoms with Gasteiger partial charge in [-0.2, -0.15) is 0 Å². The monoisotopic (exact) mass is 346 g/mol. The maximum atomic E-state index is 4.42. The van der Waals surface area contributed by atoms with Crippen LogP contribution in [0, 0.1) is 0 Å². The van der Waals surface area contributed by atoms with E-state index < -0.39 is 0 Å². The first-order chi connectivity index (χ1) is 10.9. The minimum absolute atomic E-state index is 0. The van der Waals surface area contributed by atoms with E-state index in [9.17, 15) is 0 Å². The van der Waals surface area contributed by atoms with Gasteiger partial charge in [0.2, 0.25) is 0 Å². The number of aromatic nitrogens is 3. The molecule has 0 bridgehead atoms. The van der Waals surface area contributed by atoms with Crippen molar-refractivity contribution >= 4 is 0 Å². The molecular formula is C18H18FeN4+3. The van der Waals surface area contributed by atoms with E-state index in [1.165, 1.54) is 0 Å². The van der Waals surface area contributed by atoms with Crippen molar-refractivity contribution in [2.75, 3.05) is 0 Å². The fraction of sp³-hybridized carbons (Fsp3) is 0.167. The van der Waals surface area contributed by atoms with Gasteiger partial charge in [-0.05, 0) is 36.4 Å². The molecule has 0 saturated carbocycles. The molecule has 0 unspecified atom stereocenters. The number of hydrogen-bond donors (Lipinski definition) is 0. The van der Waals surface area contributed by atoms with Gasteiger partial charge in [-0.1, -0.05) is 18.2 Å². The zero-order valence-corrected chi connectivity index (χ0v) is 13.8. The van der Waals surface area contributed by atoms with Crippen LogP contribution >= 0.6 is 0 Å². The average Bonchev–Trinajstić information content (AvgIpc) is 2.57. The summed E-state index contributed by atoms with van der Waals surface area (Å²) in [6.45, 7) is 2.32. The maximum absolute atomic E-state index is 4.42. The zero-order chi connectivity index (χ0) is 15.0. The molecular weight excluding hydrogens is 328 g/mol. The van der Waals surface area contributed by atoms with Crippen molar-refractivity contribution in [1.82, 2.24) is 19.9 Å². The Hall–Kier alpha value is -2.07. The fourth-order valence-electron chi connectivity index (χ4n) is 2.33. The Morgan fingerprint density at radius 2 is 0.913 bits per heavy atom. The molecule has 115 valence electrons. The molecule has 3 rings (SSSR count). The van der Waals surface area contributed by atoms with Gasteiger partial charge in [0.15, 0.2) is 0 Å². The van der Waals surface area contributed by atoms with E-state index in [-0.39, 0.29) is 17.1 Å². The van der Waals surface area contributed by atoms with Crippen molar-refractivity contribution in [2.45, 2.75) is 19.6 Å². The third-order valence-electron chi connectivity index (χ3n) is 3.34. The Bertz CT molecular complexity index is 578. The molecule has 0 amide bonds.